The number of hydrogen-bond donors (Lipinski definition) is 1. The summed E-state index contributed by atoms with van der Waals surface area (Å²) in [4.78, 5) is 12.3. The summed E-state index contributed by atoms with van der Waals surface area (Å²) in [6.45, 7) is 9.29. The molecular weight excluding hydrogens is 290 g/mol. The number of amides is 1. The van der Waals surface area contributed by atoms with Gasteiger partial charge in [0.2, 0.25) is 0 Å². The Bertz CT molecular complexity index is 646. The van der Waals surface area contributed by atoms with Gasteiger partial charge in [0.15, 0.2) is 5.69 Å². The van der Waals surface area contributed by atoms with E-state index >= 15 is 0 Å². The van der Waals surface area contributed by atoms with Gasteiger partial charge in [-0.05, 0) is 27.7 Å². The summed E-state index contributed by atoms with van der Waals surface area (Å²) in [5.41, 5.74) is 2.16. The van der Waals surface area contributed by atoms with Crippen molar-refractivity contribution in [2.45, 2.75) is 46.8 Å². The molecule has 0 aliphatic heterocycles. The van der Waals surface area contributed by atoms with Gasteiger partial charge in [-0.3, -0.25) is 14.2 Å². The minimum Gasteiger partial charge on any atom is -0.344 e. The van der Waals surface area contributed by atoms with Crippen LogP contribution in [0, 0.1) is 6.92 Å². The predicted octanol–water partition coefficient (Wildman–Crippen LogP) is 2.57. The summed E-state index contributed by atoms with van der Waals surface area (Å²) in [6.07, 6.45) is 3.61. The number of carbonyl (C=O) groups excluding carboxylic acids is 1. The second-order valence-electron chi connectivity index (χ2n) is 4.90. The highest BCUT2D eigenvalue weighted by Gasteiger charge is 2.20. The summed E-state index contributed by atoms with van der Waals surface area (Å²) in [7, 11) is 0. The van der Waals surface area contributed by atoms with Gasteiger partial charge >= 0.3 is 0 Å². The Hall–Kier alpha value is -1.82. The van der Waals surface area contributed by atoms with Gasteiger partial charge in [-0.15, -0.1) is 0 Å². The van der Waals surface area contributed by atoms with Gasteiger partial charge < -0.3 is 5.32 Å². The molecule has 0 saturated carbocycles. The molecule has 0 bridgehead atoms. The third kappa shape index (κ3) is 3.26. The van der Waals surface area contributed by atoms with E-state index in [4.69, 9.17) is 11.6 Å². The van der Waals surface area contributed by atoms with Gasteiger partial charge in [-0.2, -0.15) is 10.2 Å². The van der Waals surface area contributed by atoms with Crippen molar-refractivity contribution >= 4 is 17.5 Å². The first kappa shape index (κ1) is 15.6. The maximum absolute atomic E-state index is 12.3. The Balaban J connectivity index is 2.14. The zero-order valence-electron chi connectivity index (χ0n) is 12.7. The molecule has 2 heterocycles. The summed E-state index contributed by atoms with van der Waals surface area (Å²) in [5.74, 6) is -0.275. The predicted molar refractivity (Wildman–Crippen MR) is 81.4 cm³/mol. The minimum atomic E-state index is -0.275. The summed E-state index contributed by atoms with van der Waals surface area (Å²) in [6, 6.07) is -0.152. The van der Waals surface area contributed by atoms with Gasteiger partial charge in [0.25, 0.3) is 5.91 Å². The lowest BCUT2D eigenvalue weighted by atomic mass is 10.1. The number of carbonyl (C=O) groups is 1. The number of halogens is 1. The Morgan fingerprint density at radius 3 is 2.43 bits per heavy atom. The SMILES string of the molecule is CCn1cc(C(C)NC(=O)c2nn(CC)cc2Cl)c(C)n1. The van der Waals surface area contributed by atoms with Crippen molar-refractivity contribution in [1.29, 1.82) is 0 Å². The smallest absolute Gasteiger partial charge is 0.273 e. The van der Waals surface area contributed by atoms with Crippen LogP contribution in [-0.4, -0.2) is 25.5 Å². The first-order valence-corrected chi connectivity index (χ1v) is 7.41. The van der Waals surface area contributed by atoms with Crippen LogP contribution < -0.4 is 5.32 Å². The van der Waals surface area contributed by atoms with Crippen molar-refractivity contribution in [2.24, 2.45) is 0 Å². The lowest BCUT2D eigenvalue weighted by Gasteiger charge is -2.12. The molecule has 1 N–H and O–H groups in total. The van der Waals surface area contributed by atoms with Crippen LogP contribution in [0.1, 0.15) is 48.6 Å². The lowest BCUT2D eigenvalue weighted by molar-refractivity contribution is 0.0934. The summed E-state index contributed by atoms with van der Waals surface area (Å²) < 4.78 is 3.49. The zero-order valence-corrected chi connectivity index (χ0v) is 13.5. The molecule has 6 nitrogen and oxygen atoms in total. The average molecular weight is 310 g/mol. The third-order valence-electron chi connectivity index (χ3n) is 3.38. The molecule has 21 heavy (non-hydrogen) atoms. The molecule has 0 radical (unpaired) electrons. The van der Waals surface area contributed by atoms with Crippen LogP contribution in [0.15, 0.2) is 12.4 Å². The van der Waals surface area contributed by atoms with Crippen molar-refractivity contribution in [3.8, 4) is 0 Å². The Kier molecular flexibility index (Phi) is 4.67. The normalized spacial score (nSPS) is 12.4. The minimum absolute atomic E-state index is 0.152. The van der Waals surface area contributed by atoms with Crippen LogP contribution in [-0.2, 0) is 13.1 Å². The molecule has 1 unspecified atom stereocenters. The standard InChI is InChI=1S/C14H20ClN5O/c1-5-19-7-11(10(4)17-19)9(3)16-14(21)13-12(15)8-20(6-2)18-13/h7-9H,5-6H2,1-4H3,(H,16,21). The first-order chi connectivity index (χ1) is 9.96. The number of aryl methyl sites for hydroxylation is 3. The van der Waals surface area contributed by atoms with E-state index in [0.29, 0.717) is 11.6 Å². The second kappa shape index (κ2) is 6.30. The van der Waals surface area contributed by atoms with Crippen molar-refractivity contribution in [1.82, 2.24) is 24.9 Å². The van der Waals surface area contributed by atoms with Gasteiger partial charge in [-0.25, -0.2) is 0 Å². The molecule has 2 aromatic rings. The van der Waals surface area contributed by atoms with E-state index in [1.807, 2.05) is 38.6 Å². The lowest BCUT2D eigenvalue weighted by Crippen LogP contribution is -2.27. The molecule has 114 valence electrons. The second-order valence-corrected chi connectivity index (χ2v) is 5.31. The molecular formula is C14H20ClN5O. The fourth-order valence-electron chi connectivity index (χ4n) is 2.18. The maximum atomic E-state index is 12.3. The third-order valence-corrected chi connectivity index (χ3v) is 3.66. The van der Waals surface area contributed by atoms with E-state index in [0.717, 1.165) is 17.8 Å². The van der Waals surface area contributed by atoms with E-state index in [1.165, 1.54) is 0 Å². The summed E-state index contributed by atoms with van der Waals surface area (Å²) >= 11 is 6.05. The van der Waals surface area contributed by atoms with Crippen molar-refractivity contribution in [3.63, 3.8) is 0 Å². The zero-order chi connectivity index (χ0) is 15.6. The Labute approximate surface area is 129 Å². The van der Waals surface area contributed by atoms with E-state index in [9.17, 15) is 4.79 Å². The fourth-order valence-corrected chi connectivity index (χ4v) is 2.41. The molecule has 1 atom stereocenters. The van der Waals surface area contributed by atoms with Crippen LogP contribution in [0.2, 0.25) is 5.02 Å². The van der Waals surface area contributed by atoms with E-state index in [1.54, 1.807) is 10.9 Å². The molecule has 2 rings (SSSR count). The Morgan fingerprint density at radius 1 is 1.29 bits per heavy atom. The summed E-state index contributed by atoms with van der Waals surface area (Å²) in [5, 5.41) is 11.8. The largest absolute Gasteiger partial charge is 0.344 e. The van der Waals surface area contributed by atoms with Crippen molar-refractivity contribution in [3.05, 3.63) is 34.4 Å². The molecule has 2 aromatic heterocycles. The fraction of sp³-hybridized carbons (Fsp3) is 0.500. The van der Waals surface area contributed by atoms with Crippen LogP contribution in [0.3, 0.4) is 0 Å². The average Bonchev–Trinajstić information content (AvgIpc) is 3.01. The molecule has 0 spiro atoms. The van der Waals surface area contributed by atoms with Gasteiger partial charge in [0.05, 0.1) is 16.8 Å². The van der Waals surface area contributed by atoms with E-state index < -0.39 is 0 Å². The molecule has 0 aliphatic carbocycles. The number of nitrogens with zero attached hydrogens (tertiary/aromatic N) is 4. The van der Waals surface area contributed by atoms with Gasteiger partial charge in [-0.1, -0.05) is 11.6 Å². The number of rotatable bonds is 5. The molecule has 7 heteroatoms. The Morgan fingerprint density at radius 2 is 1.90 bits per heavy atom. The topological polar surface area (TPSA) is 64.7 Å². The molecule has 0 aromatic carbocycles. The highest BCUT2D eigenvalue weighted by atomic mass is 35.5. The van der Waals surface area contributed by atoms with E-state index in [-0.39, 0.29) is 17.6 Å². The number of aromatic nitrogens is 4. The highest BCUT2D eigenvalue weighted by molar-refractivity contribution is 6.33. The van der Waals surface area contributed by atoms with Crippen LogP contribution in [0.4, 0.5) is 0 Å². The van der Waals surface area contributed by atoms with Gasteiger partial charge in [0.1, 0.15) is 0 Å². The highest BCUT2D eigenvalue weighted by Crippen LogP contribution is 2.19. The van der Waals surface area contributed by atoms with Crippen LogP contribution in [0.25, 0.3) is 0 Å². The van der Waals surface area contributed by atoms with Crippen molar-refractivity contribution in [2.75, 3.05) is 0 Å². The first-order valence-electron chi connectivity index (χ1n) is 7.04. The molecule has 0 saturated heterocycles. The number of hydrogen-bond acceptors (Lipinski definition) is 3. The molecule has 0 fully saturated rings. The van der Waals surface area contributed by atoms with Crippen LogP contribution in [0.5, 0.6) is 0 Å². The maximum Gasteiger partial charge on any atom is 0.273 e. The monoisotopic (exact) mass is 309 g/mol. The quantitative estimate of drug-likeness (QED) is 0.923. The molecule has 0 aliphatic rings. The van der Waals surface area contributed by atoms with Crippen molar-refractivity contribution < 1.29 is 4.79 Å². The van der Waals surface area contributed by atoms with E-state index in [2.05, 4.69) is 15.5 Å². The molecule has 1 amide bonds. The van der Waals surface area contributed by atoms with Crippen LogP contribution >= 0.6 is 11.6 Å². The number of nitrogens with one attached hydrogen (secondary N) is 1. The van der Waals surface area contributed by atoms with Gasteiger partial charge in [0, 0.05) is 31.0 Å².